The first-order valence-corrected chi connectivity index (χ1v) is 6.60. The standard InChI is InChI=1S/C9H12INO3S/c1-7-6-8(11-5-4-10)2-3-9(7)15-14-13-12/h2-3,6,11-12H,4-5H2,1H3. The van der Waals surface area contributed by atoms with Crippen molar-refractivity contribution in [3.05, 3.63) is 23.8 Å². The van der Waals surface area contributed by atoms with Crippen LogP contribution in [-0.4, -0.2) is 16.2 Å². The van der Waals surface area contributed by atoms with E-state index in [1.54, 1.807) is 0 Å². The van der Waals surface area contributed by atoms with Crippen molar-refractivity contribution in [3.63, 3.8) is 0 Å². The molecule has 0 aliphatic heterocycles. The van der Waals surface area contributed by atoms with Gasteiger partial charge in [-0.3, -0.25) is 0 Å². The predicted molar refractivity (Wildman–Crippen MR) is 69.2 cm³/mol. The zero-order valence-corrected chi connectivity index (χ0v) is 11.2. The number of hydrogen-bond acceptors (Lipinski definition) is 5. The van der Waals surface area contributed by atoms with Crippen LogP contribution in [0.5, 0.6) is 0 Å². The van der Waals surface area contributed by atoms with Crippen molar-refractivity contribution in [2.24, 2.45) is 0 Å². The lowest BCUT2D eigenvalue weighted by molar-refractivity contribution is -0.432. The molecule has 0 radical (unpaired) electrons. The molecule has 0 bridgehead atoms. The van der Waals surface area contributed by atoms with Crippen LogP contribution in [0.1, 0.15) is 5.56 Å². The minimum absolute atomic E-state index is 0.907. The third-order valence-electron chi connectivity index (χ3n) is 1.75. The molecule has 0 spiro atoms. The summed E-state index contributed by atoms with van der Waals surface area (Å²) < 4.78 is 5.44. The molecule has 4 nitrogen and oxygen atoms in total. The summed E-state index contributed by atoms with van der Waals surface area (Å²) in [5.74, 6) is 0. The number of alkyl halides is 1. The number of benzene rings is 1. The maximum atomic E-state index is 8.03. The molecule has 84 valence electrons. The third kappa shape index (κ3) is 4.56. The van der Waals surface area contributed by atoms with Gasteiger partial charge in [-0.1, -0.05) is 27.6 Å². The van der Waals surface area contributed by atoms with Crippen LogP contribution in [0, 0.1) is 6.92 Å². The molecule has 6 heteroatoms. The van der Waals surface area contributed by atoms with Crippen LogP contribution in [0.15, 0.2) is 23.1 Å². The number of halogens is 1. The molecule has 0 saturated carbocycles. The normalized spacial score (nSPS) is 10.3. The van der Waals surface area contributed by atoms with Crippen molar-refractivity contribution in [3.8, 4) is 0 Å². The number of anilines is 1. The first-order valence-electron chi connectivity index (χ1n) is 4.33. The van der Waals surface area contributed by atoms with Crippen LogP contribution < -0.4 is 5.32 Å². The van der Waals surface area contributed by atoms with Crippen LogP contribution in [-0.2, 0) is 9.37 Å². The zero-order valence-electron chi connectivity index (χ0n) is 8.20. The summed E-state index contributed by atoms with van der Waals surface area (Å²) in [5, 5.41) is 14.9. The highest BCUT2D eigenvalue weighted by Crippen LogP contribution is 2.25. The first-order chi connectivity index (χ1) is 7.27. The molecule has 0 aliphatic rings. The minimum atomic E-state index is 0.907. The number of hydrogen-bond donors (Lipinski definition) is 2. The Bertz CT molecular complexity index is 311. The molecule has 1 rings (SSSR count). The van der Waals surface area contributed by atoms with E-state index in [-0.39, 0.29) is 0 Å². The third-order valence-corrected chi connectivity index (χ3v) is 3.06. The van der Waals surface area contributed by atoms with Gasteiger partial charge in [-0.05, 0) is 30.7 Å². The Morgan fingerprint density at radius 2 is 2.33 bits per heavy atom. The van der Waals surface area contributed by atoms with E-state index < -0.39 is 0 Å². The van der Waals surface area contributed by atoms with E-state index in [9.17, 15) is 0 Å². The van der Waals surface area contributed by atoms with Gasteiger partial charge in [0.1, 0.15) is 0 Å². The molecule has 2 N–H and O–H groups in total. The smallest absolute Gasteiger partial charge is 0.0717 e. The lowest BCUT2D eigenvalue weighted by Gasteiger charge is -2.07. The molecule has 0 saturated heterocycles. The SMILES string of the molecule is Cc1cc(NCCI)ccc1SOOO. The highest BCUT2D eigenvalue weighted by atomic mass is 127. The molecule has 1 aromatic rings. The minimum Gasteiger partial charge on any atom is -0.384 e. The Balaban J connectivity index is 2.61. The zero-order chi connectivity index (χ0) is 11.1. The molecule has 0 fully saturated rings. The first kappa shape index (κ1) is 13.0. The van der Waals surface area contributed by atoms with Crippen LogP contribution in [0.25, 0.3) is 0 Å². The van der Waals surface area contributed by atoms with E-state index in [0.717, 1.165) is 39.2 Å². The maximum absolute atomic E-state index is 8.03. The molecule has 0 atom stereocenters. The molecule has 1 aromatic carbocycles. The highest BCUT2D eigenvalue weighted by molar-refractivity contribution is 14.1. The molecule has 0 aromatic heterocycles. The second-order valence-electron chi connectivity index (χ2n) is 2.82. The van der Waals surface area contributed by atoms with E-state index in [0.29, 0.717) is 0 Å². The van der Waals surface area contributed by atoms with Crippen molar-refractivity contribution in [2.75, 3.05) is 16.3 Å². The molecule has 0 unspecified atom stereocenters. The summed E-state index contributed by atoms with van der Waals surface area (Å²) in [6, 6.07) is 5.90. The van der Waals surface area contributed by atoms with Crippen LogP contribution in [0.2, 0.25) is 0 Å². The lowest BCUT2D eigenvalue weighted by atomic mass is 10.2. The van der Waals surface area contributed by atoms with E-state index in [1.807, 2.05) is 25.1 Å². The van der Waals surface area contributed by atoms with E-state index in [2.05, 4.69) is 37.3 Å². The van der Waals surface area contributed by atoms with Gasteiger partial charge in [0.25, 0.3) is 0 Å². The Labute approximate surface area is 107 Å². The predicted octanol–water partition coefficient (Wildman–Crippen LogP) is 3.27. The molecular weight excluding hydrogens is 329 g/mol. The van der Waals surface area contributed by atoms with E-state index in [4.69, 9.17) is 5.26 Å². The van der Waals surface area contributed by atoms with Crippen molar-refractivity contribution in [1.82, 2.24) is 0 Å². The molecule has 0 heterocycles. The summed E-state index contributed by atoms with van der Waals surface area (Å²) >= 11 is 3.30. The summed E-state index contributed by atoms with van der Waals surface area (Å²) in [7, 11) is 0. The molecule has 0 aliphatic carbocycles. The van der Waals surface area contributed by atoms with E-state index in [1.165, 1.54) is 0 Å². The fraction of sp³-hybridized carbons (Fsp3) is 0.333. The van der Waals surface area contributed by atoms with Gasteiger partial charge >= 0.3 is 0 Å². The van der Waals surface area contributed by atoms with Crippen molar-refractivity contribution >= 4 is 40.3 Å². The lowest BCUT2D eigenvalue weighted by Crippen LogP contribution is -2.02. The quantitative estimate of drug-likeness (QED) is 0.273. The fourth-order valence-corrected chi connectivity index (χ4v) is 1.78. The van der Waals surface area contributed by atoms with Crippen LogP contribution >= 0.6 is 34.6 Å². The number of nitrogens with one attached hydrogen (secondary N) is 1. The highest BCUT2D eigenvalue weighted by Gasteiger charge is 2.02. The molecule has 15 heavy (non-hydrogen) atoms. The fourth-order valence-electron chi connectivity index (χ4n) is 1.10. The van der Waals surface area contributed by atoms with Crippen LogP contribution in [0.3, 0.4) is 0 Å². The van der Waals surface area contributed by atoms with Crippen molar-refractivity contribution in [2.45, 2.75) is 11.8 Å². The summed E-state index contributed by atoms with van der Waals surface area (Å²) in [4.78, 5) is 0.907. The molecular formula is C9H12INO3S. The Morgan fingerprint density at radius 3 is 2.93 bits per heavy atom. The Kier molecular flexibility index (Phi) is 6.34. The number of rotatable bonds is 6. The number of aryl methyl sites for hydroxylation is 1. The topological polar surface area (TPSA) is 50.7 Å². The Hall–Kier alpha value is -0.0200. The average Bonchev–Trinajstić information content (AvgIpc) is 2.25. The van der Waals surface area contributed by atoms with Gasteiger partial charge < -0.3 is 5.32 Å². The second kappa shape index (κ2) is 7.29. The van der Waals surface area contributed by atoms with Crippen molar-refractivity contribution in [1.29, 1.82) is 0 Å². The molecule has 0 amide bonds. The summed E-state index contributed by atoms with van der Waals surface area (Å²) in [5.41, 5.74) is 2.15. The van der Waals surface area contributed by atoms with Gasteiger partial charge in [0.15, 0.2) is 0 Å². The van der Waals surface area contributed by atoms with Gasteiger partial charge in [0.2, 0.25) is 0 Å². The van der Waals surface area contributed by atoms with Gasteiger partial charge in [-0.2, -0.15) is 0 Å². The average molecular weight is 341 g/mol. The van der Waals surface area contributed by atoms with Crippen LogP contribution in [0.4, 0.5) is 5.69 Å². The monoisotopic (exact) mass is 341 g/mol. The largest absolute Gasteiger partial charge is 0.384 e. The van der Waals surface area contributed by atoms with Gasteiger partial charge in [-0.25, -0.2) is 5.26 Å². The van der Waals surface area contributed by atoms with Gasteiger partial charge in [-0.15, -0.1) is 4.33 Å². The summed E-state index contributed by atoms with van der Waals surface area (Å²) in [6.07, 6.45) is 0. The summed E-state index contributed by atoms with van der Waals surface area (Å²) in [6.45, 7) is 2.92. The van der Waals surface area contributed by atoms with Crippen molar-refractivity contribution < 1.29 is 14.6 Å². The maximum Gasteiger partial charge on any atom is 0.0717 e. The van der Waals surface area contributed by atoms with Gasteiger partial charge in [0, 0.05) is 21.6 Å². The van der Waals surface area contributed by atoms with E-state index >= 15 is 0 Å². The van der Waals surface area contributed by atoms with Gasteiger partial charge in [0.05, 0.1) is 12.0 Å². The Morgan fingerprint density at radius 1 is 1.53 bits per heavy atom. The second-order valence-corrected chi connectivity index (χ2v) is 4.64.